The molecule has 2 amide bonds. The molecule has 0 aliphatic rings. The predicted molar refractivity (Wildman–Crippen MR) is 66.9 cm³/mol. The number of aliphatic carboxylic acids is 1. The maximum atomic E-state index is 11.2. The summed E-state index contributed by atoms with van der Waals surface area (Å²) in [5.74, 6) is -0.766. The summed E-state index contributed by atoms with van der Waals surface area (Å²) in [6, 6.07) is -0.180. The molecule has 0 aromatic rings. The van der Waals surface area contributed by atoms with E-state index in [0.29, 0.717) is 19.5 Å². The normalized spacial score (nSPS) is 9.53. The number of nitrogens with one attached hydrogen (secondary N) is 2. The highest BCUT2D eigenvalue weighted by molar-refractivity contribution is 5.73. The van der Waals surface area contributed by atoms with Gasteiger partial charge in [0.05, 0.1) is 0 Å². The average molecular weight is 242 g/mol. The van der Waals surface area contributed by atoms with Gasteiger partial charge in [-0.15, -0.1) is 0 Å². The monoisotopic (exact) mass is 242 g/mol. The highest BCUT2D eigenvalue weighted by Crippen LogP contribution is 1.98. The van der Waals surface area contributed by atoms with Gasteiger partial charge in [0.15, 0.2) is 0 Å². The molecule has 0 unspecified atom stereocenters. The van der Waals surface area contributed by atoms with E-state index in [2.05, 4.69) is 10.6 Å². The zero-order valence-electron chi connectivity index (χ0n) is 10.6. The van der Waals surface area contributed by atoms with Crippen LogP contribution in [0, 0.1) is 0 Å². The molecule has 0 aliphatic heterocycles. The summed E-state index contributed by atoms with van der Waals surface area (Å²) in [6.07, 6.45) is 4.43. The number of carbonyl (C=O) groups is 2. The second-order valence-electron chi connectivity index (χ2n) is 4.12. The lowest BCUT2D eigenvalue weighted by atomic mass is 10.2. The van der Waals surface area contributed by atoms with Gasteiger partial charge in [-0.2, -0.15) is 0 Å². The fourth-order valence-electron chi connectivity index (χ4n) is 1.19. The maximum Gasteiger partial charge on any atom is 0.315 e. The number of carboxylic acid groups (broad SMARTS) is 1. The van der Waals surface area contributed by atoms with Gasteiger partial charge in [0.25, 0.3) is 0 Å². The van der Waals surface area contributed by atoms with Crippen molar-refractivity contribution >= 4 is 12.0 Å². The first-order chi connectivity index (χ1) is 8.02. The molecule has 98 valence electrons. The molecule has 0 radical (unpaired) electrons. The van der Waals surface area contributed by atoms with E-state index in [0.717, 1.165) is 12.8 Å². The molecule has 0 bridgehead atoms. The average Bonchev–Trinajstić information content (AvgIpc) is 2.22. The summed E-state index contributed by atoms with van der Waals surface area (Å²) in [4.78, 5) is 21.4. The molecular weight excluding hydrogens is 220 g/mol. The van der Waals surface area contributed by atoms with Crippen molar-refractivity contribution in [3.63, 3.8) is 0 Å². The molecule has 0 aliphatic carbocycles. The van der Waals surface area contributed by atoms with Gasteiger partial charge in [-0.1, -0.05) is 18.1 Å². The van der Waals surface area contributed by atoms with Crippen LogP contribution in [0.5, 0.6) is 0 Å². The number of unbranched alkanes of at least 4 members (excludes halogenated alkanes) is 2. The minimum Gasteiger partial charge on any atom is -0.481 e. The van der Waals surface area contributed by atoms with Crippen LogP contribution in [-0.2, 0) is 4.79 Å². The summed E-state index contributed by atoms with van der Waals surface area (Å²) in [5, 5.41) is 13.8. The zero-order chi connectivity index (χ0) is 13.1. The van der Waals surface area contributed by atoms with Crippen LogP contribution < -0.4 is 10.6 Å². The van der Waals surface area contributed by atoms with Crippen LogP contribution in [-0.4, -0.2) is 30.2 Å². The fraction of sp³-hybridized carbons (Fsp3) is 0.667. The molecule has 17 heavy (non-hydrogen) atoms. The summed E-state index contributed by atoms with van der Waals surface area (Å²) in [5.41, 5.74) is 1.17. The van der Waals surface area contributed by atoms with Crippen LogP contribution in [0.15, 0.2) is 11.6 Å². The molecule has 0 spiro atoms. The standard InChI is InChI=1S/C12H22N2O3/c1-10(2)7-9-14-12(17)13-8-5-3-4-6-11(15)16/h7H,3-6,8-9H2,1-2H3,(H,15,16)(H2,13,14,17). The molecular formula is C12H22N2O3. The molecule has 3 N–H and O–H groups in total. The van der Waals surface area contributed by atoms with Gasteiger partial charge < -0.3 is 15.7 Å². The third-order valence-corrected chi connectivity index (χ3v) is 2.13. The molecule has 0 saturated carbocycles. The second kappa shape index (κ2) is 9.69. The third-order valence-electron chi connectivity index (χ3n) is 2.13. The molecule has 0 heterocycles. The highest BCUT2D eigenvalue weighted by atomic mass is 16.4. The van der Waals surface area contributed by atoms with E-state index >= 15 is 0 Å². The smallest absolute Gasteiger partial charge is 0.315 e. The van der Waals surface area contributed by atoms with Crippen molar-refractivity contribution in [3.8, 4) is 0 Å². The Bertz CT molecular complexity index is 271. The Labute approximate surface area is 102 Å². The Morgan fingerprint density at radius 2 is 1.82 bits per heavy atom. The van der Waals surface area contributed by atoms with Gasteiger partial charge in [0.2, 0.25) is 0 Å². The molecule has 0 fully saturated rings. The minimum atomic E-state index is -0.766. The van der Waals surface area contributed by atoms with E-state index in [1.54, 1.807) is 0 Å². The molecule has 0 saturated heterocycles. The van der Waals surface area contributed by atoms with E-state index in [9.17, 15) is 9.59 Å². The topological polar surface area (TPSA) is 78.4 Å². The second-order valence-corrected chi connectivity index (χ2v) is 4.12. The lowest BCUT2D eigenvalue weighted by Crippen LogP contribution is -2.36. The zero-order valence-corrected chi connectivity index (χ0v) is 10.6. The molecule has 0 aromatic carbocycles. The Morgan fingerprint density at radius 1 is 1.12 bits per heavy atom. The van der Waals surface area contributed by atoms with Gasteiger partial charge in [0, 0.05) is 19.5 Å². The highest BCUT2D eigenvalue weighted by Gasteiger charge is 1.98. The summed E-state index contributed by atoms with van der Waals surface area (Å²) >= 11 is 0. The van der Waals surface area contributed by atoms with E-state index in [1.807, 2.05) is 19.9 Å². The number of carboxylic acids is 1. The quantitative estimate of drug-likeness (QED) is 0.449. The minimum absolute atomic E-state index is 0.180. The van der Waals surface area contributed by atoms with Crippen LogP contribution in [0.4, 0.5) is 4.79 Å². The van der Waals surface area contributed by atoms with Crippen molar-refractivity contribution in [3.05, 3.63) is 11.6 Å². The number of carbonyl (C=O) groups excluding carboxylic acids is 1. The number of hydrogen-bond donors (Lipinski definition) is 3. The van der Waals surface area contributed by atoms with Crippen molar-refractivity contribution < 1.29 is 14.7 Å². The van der Waals surface area contributed by atoms with Gasteiger partial charge in [-0.25, -0.2) is 4.79 Å². The largest absolute Gasteiger partial charge is 0.481 e. The summed E-state index contributed by atoms with van der Waals surface area (Å²) in [6.45, 7) is 5.07. The molecule has 0 atom stereocenters. The van der Waals surface area contributed by atoms with E-state index in [-0.39, 0.29) is 12.5 Å². The van der Waals surface area contributed by atoms with Gasteiger partial charge in [0.1, 0.15) is 0 Å². The number of hydrogen-bond acceptors (Lipinski definition) is 2. The first-order valence-corrected chi connectivity index (χ1v) is 5.89. The molecule has 0 rings (SSSR count). The maximum absolute atomic E-state index is 11.2. The van der Waals surface area contributed by atoms with Crippen molar-refractivity contribution in [2.75, 3.05) is 13.1 Å². The van der Waals surface area contributed by atoms with Crippen molar-refractivity contribution in [2.45, 2.75) is 39.5 Å². The lowest BCUT2D eigenvalue weighted by molar-refractivity contribution is -0.137. The van der Waals surface area contributed by atoms with E-state index in [4.69, 9.17) is 5.11 Å². The van der Waals surface area contributed by atoms with E-state index in [1.165, 1.54) is 5.57 Å². The molecule has 5 heteroatoms. The number of urea groups is 1. The van der Waals surface area contributed by atoms with Gasteiger partial charge >= 0.3 is 12.0 Å². The van der Waals surface area contributed by atoms with Crippen molar-refractivity contribution in [1.82, 2.24) is 10.6 Å². The summed E-state index contributed by atoms with van der Waals surface area (Å²) < 4.78 is 0. The van der Waals surface area contributed by atoms with E-state index < -0.39 is 5.97 Å². The third kappa shape index (κ3) is 12.4. The van der Waals surface area contributed by atoms with Gasteiger partial charge in [-0.3, -0.25) is 4.79 Å². The Balaban J connectivity index is 3.33. The fourth-order valence-corrected chi connectivity index (χ4v) is 1.19. The SMILES string of the molecule is CC(C)=CCNC(=O)NCCCCCC(=O)O. The van der Waals surface area contributed by atoms with Crippen LogP contribution in [0.25, 0.3) is 0 Å². The van der Waals surface area contributed by atoms with Crippen LogP contribution in [0.1, 0.15) is 39.5 Å². The van der Waals surface area contributed by atoms with Gasteiger partial charge in [-0.05, 0) is 26.7 Å². The Morgan fingerprint density at radius 3 is 2.41 bits per heavy atom. The number of allylic oxidation sites excluding steroid dienone is 1. The van der Waals surface area contributed by atoms with Crippen molar-refractivity contribution in [1.29, 1.82) is 0 Å². The predicted octanol–water partition coefficient (Wildman–Crippen LogP) is 1.90. The number of rotatable bonds is 8. The molecule has 5 nitrogen and oxygen atoms in total. The Hall–Kier alpha value is -1.52. The van der Waals surface area contributed by atoms with Crippen molar-refractivity contribution in [2.24, 2.45) is 0 Å². The van der Waals surface area contributed by atoms with Crippen LogP contribution in [0.3, 0.4) is 0 Å². The Kier molecular flexibility index (Phi) is 8.82. The van der Waals surface area contributed by atoms with Crippen LogP contribution in [0.2, 0.25) is 0 Å². The first kappa shape index (κ1) is 15.5. The molecule has 0 aromatic heterocycles. The summed E-state index contributed by atoms with van der Waals surface area (Å²) in [7, 11) is 0. The van der Waals surface area contributed by atoms with Crippen LogP contribution >= 0.6 is 0 Å². The number of amides is 2. The first-order valence-electron chi connectivity index (χ1n) is 5.89. The lowest BCUT2D eigenvalue weighted by Gasteiger charge is -2.05.